The molecule has 0 radical (unpaired) electrons. The van der Waals surface area contributed by atoms with Gasteiger partial charge in [-0.15, -0.1) is 0 Å². The van der Waals surface area contributed by atoms with Gasteiger partial charge in [-0.3, -0.25) is 9.78 Å². The van der Waals surface area contributed by atoms with Gasteiger partial charge in [0, 0.05) is 22.4 Å². The normalized spacial score (nSPS) is 10.6. The van der Waals surface area contributed by atoms with Gasteiger partial charge in [0.25, 0.3) is 5.91 Å². The van der Waals surface area contributed by atoms with Gasteiger partial charge in [-0.2, -0.15) is 0 Å². The number of nitrogens with one attached hydrogen (secondary N) is 1. The minimum Gasteiger partial charge on any atom is -0.487 e. The lowest BCUT2D eigenvalue weighted by atomic mass is 10.2. The summed E-state index contributed by atoms with van der Waals surface area (Å²) in [7, 11) is 0. The van der Waals surface area contributed by atoms with Crippen LogP contribution < -0.4 is 10.1 Å². The van der Waals surface area contributed by atoms with Crippen molar-refractivity contribution in [3.05, 3.63) is 94.2 Å². The zero-order valence-electron chi connectivity index (χ0n) is 16.9. The molecule has 0 aliphatic carbocycles. The average molecular weight is 481 g/mol. The fourth-order valence-electron chi connectivity index (χ4n) is 2.62. The lowest BCUT2D eigenvalue weighted by Crippen LogP contribution is -2.20. The highest BCUT2D eigenvalue weighted by atomic mass is 79.9. The monoisotopic (exact) mass is 480 g/mol. The molecule has 0 atom stereocenters. The number of halogens is 1. The molecule has 0 saturated heterocycles. The number of pyridine rings is 1. The van der Waals surface area contributed by atoms with Crippen molar-refractivity contribution in [3.63, 3.8) is 0 Å². The maximum absolute atomic E-state index is 12.0. The van der Waals surface area contributed by atoms with Gasteiger partial charge in [0.05, 0.1) is 5.69 Å². The predicted molar refractivity (Wildman–Crippen MR) is 123 cm³/mol. The Morgan fingerprint density at radius 3 is 2.61 bits per heavy atom. The third-order valence-corrected chi connectivity index (χ3v) is 4.71. The Hall–Kier alpha value is -3.45. The minimum absolute atomic E-state index is 0.362. The van der Waals surface area contributed by atoms with Gasteiger partial charge in [-0.25, -0.2) is 4.79 Å². The maximum atomic E-state index is 12.0. The van der Waals surface area contributed by atoms with Crippen LogP contribution >= 0.6 is 15.9 Å². The van der Waals surface area contributed by atoms with Crippen LogP contribution in [0.1, 0.15) is 16.8 Å². The van der Waals surface area contributed by atoms with Crippen molar-refractivity contribution < 1.29 is 19.1 Å². The van der Waals surface area contributed by atoms with Crippen LogP contribution in [-0.2, 0) is 20.9 Å². The van der Waals surface area contributed by atoms with Crippen LogP contribution in [0.3, 0.4) is 0 Å². The van der Waals surface area contributed by atoms with Crippen LogP contribution in [0.15, 0.2) is 77.4 Å². The second kappa shape index (κ2) is 11.1. The largest absolute Gasteiger partial charge is 0.487 e. The van der Waals surface area contributed by atoms with Crippen molar-refractivity contribution in [3.8, 4) is 5.75 Å². The fraction of sp³-hybridized carbons (Fsp3) is 0.125. The Morgan fingerprint density at radius 1 is 1.10 bits per heavy atom. The Morgan fingerprint density at radius 2 is 1.90 bits per heavy atom. The minimum atomic E-state index is -0.599. The van der Waals surface area contributed by atoms with Crippen LogP contribution in [0, 0.1) is 6.92 Å². The molecule has 0 aliphatic rings. The summed E-state index contributed by atoms with van der Waals surface area (Å²) in [5.74, 6) is -0.301. The van der Waals surface area contributed by atoms with E-state index < -0.39 is 11.9 Å². The SMILES string of the molecule is Cc1cc(Br)ccc1NC(=O)COC(=O)C=Cc1ccc(OCc2ccccn2)cc1. The van der Waals surface area contributed by atoms with Gasteiger partial charge >= 0.3 is 5.97 Å². The first kappa shape index (κ1) is 22.2. The van der Waals surface area contributed by atoms with Crippen molar-refractivity contribution in [2.24, 2.45) is 0 Å². The summed E-state index contributed by atoms with van der Waals surface area (Å²) in [6.45, 7) is 1.90. The van der Waals surface area contributed by atoms with E-state index in [0.717, 1.165) is 21.3 Å². The smallest absolute Gasteiger partial charge is 0.331 e. The van der Waals surface area contributed by atoms with E-state index in [0.29, 0.717) is 18.0 Å². The number of hydrogen-bond acceptors (Lipinski definition) is 5. The van der Waals surface area contributed by atoms with Crippen LogP contribution in [0.5, 0.6) is 5.75 Å². The van der Waals surface area contributed by atoms with Gasteiger partial charge in [0.15, 0.2) is 6.61 Å². The molecule has 1 heterocycles. The molecular weight excluding hydrogens is 460 g/mol. The molecule has 1 aromatic heterocycles. The second-order valence-electron chi connectivity index (χ2n) is 6.63. The van der Waals surface area contributed by atoms with E-state index >= 15 is 0 Å². The number of aromatic nitrogens is 1. The molecule has 6 nitrogen and oxygen atoms in total. The van der Waals surface area contributed by atoms with E-state index in [2.05, 4.69) is 26.2 Å². The molecule has 1 N–H and O–H groups in total. The topological polar surface area (TPSA) is 77.5 Å². The number of aryl methyl sites for hydroxylation is 1. The van der Waals surface area contributed by atoms with E-state index in [4.69, 9.17) is 9.47 Å². The molecule has 0 aliphatic heterocycles. The molecule has 0 saturated carbocycles. The van der Waals surface area contributed by atoms with E-state index in [1.807, 2.05) is 61.5 Å². The van der Waals surface area contributed by atoms with Gasteiger partial charge in [0.1, 0.15) is 12.4 Å². The van der Waals surface area contributed by atoms with E-state index in [1.54, 1.807) is 18.3 Å². The summed E-state index contributed by atoms with van der Waals surface area (Å²) < 4.78 is 11.6. The second-order valence-corrected chi connectivity index (χ2v) is 7.54. The highest BCUT2D eigenvalue weighted by Gasteiger charge is 2.07. The third-order valence-electron chi connectivity index (χ3n) is 4.21. The average Bonchev–Trinajstić information content (AvgIpc) is 2.78. The lowest BCUT2D eigenvalue weighted by molar-refractivity contribution is -0.142. The quantitative estimate of drug-likeness (QED) is 0.365. The first-order chi connectivity index (χ1) is 15.0. The molecule has 2 aromatic carbocycles. The molecule has 3 rings (SSSR count). The van der Waals surface area contributed by atoms with Gasteiger partial charge in [0.2, 0.25) is 0 Å². The molecule has 1 amide bonds. The van der Waals surface area contributed by atoms with Crippen molar-refractivity contribution in [1.82, 2.24) is 4.98 Å². The molecule has 0 spiro atoms. The van der Waals surface area contributed by atoms with E-state index in [-0.39, 0.29) is 6.61 Å². The summed E-state index contributed by atoms with van der Waals surface area (Å²) in [4.78, 5) is 28.1. The van der Waals surface area contributed by atoms with Crippen molar-refractivity contribution in [2.45, 2.75) is 13.5 Å². The van der Waals surface area contributed by atoms with Crippen LogP contribution in [-0.4, -0.2) is 23.5 Å². The Labute approximate surface area is 189 Å². The van der Waals surface area contributed by atoms with E-state index in [9.17, 15) is 9.59 Å². The number of benzene rings is 2. The zero-order valence-corrected chi connectivity index (χ0v) is 18.5. The molecule has 3 aromatic rings. The fourth-order valence-corrected chi connectivity index (χ4v) is 3.09. The van der Waals surface area contributed by atoms with Crippen molar-refractivity contribution in [2.75, 3.05) is 11.9 Å². The van der Waals surface area contributed by atoms with E-state index in [1.165, 1.54) is 6.08 Å². The molecule has 0 unspecified atom stereocenters. The third kappa shape index (κ3) is 7.38. The summed E-state index contributed by atoms with van der Waals surface area (Å²) in [6.07, 6.45) is 4.61. The molecular formula is C24H21BrN2O4. The van der Waals surface area contributed by atoms with Crippen LogP contribution in [0.4, 0.5) is 5.69 Å². The van der Waals surface area contributed by atoms with Crippen LogP contribution in [0.2, 0.25) is 0 Å². The highest BCUT2D eigenvalue weighted by Crippen LogP contribution is 2.20. The summed E-state index contributed by atoms with van der Waals surface area (Å²) in [5, 5.41) is 2.72. The Balaban J connectivity index is 1.43. The molecule has 31 heavy (non-hydrogen) atoms. The number of rotatable bonds is 8. The number of esters is 1. The summed E-state index contributed by atoms with van der Waals surface area (Å²) in [5.41, 5.74) is 3.22. The number of carbonyl (C=O) groups excluding carboxylic acids is 2. The standard InChI is InChI=1S/C24H21BrN2O4/c1-17-14-19(25)8-11-22(17)27-23(28)16-31-24(29)12-7-18-5-9-21(10-6-18)30-15-20-4-2-3-13-26-20/h2-14H,15-16H2,1H3,(H,27,28). The first-order valence-corrected chi connectivity index (χ1v) is 10.3. The van der Waals surface area contributed by atoms with Crippen LogP contribution in [0.25, 0.3) is 6.08 Å². The highest BCUT2D eigenvalue weighted by molar-refractivity contribution is 9.10. The summed E-state index contributed by atoms with van der Waals surface area (Å²) in [6, 6.07) is 18.4. The number of anilines is 1. The molecule has 7 heteroatoms. The number of hydrogen-bond donors (Lipinski definition) is 1. The van der Waals surface area contributed by atoms with Gasteiger partial charge in [-0.05, 0) is 66.6 Å². The number of ether oxygens (including phenoxy) is 2. The van der Waals surface area contributed by atoms with Gasteiger partial charge < -0.3 is 14.8 Å². The number of carbonyl (C=O) groups is 2. The molecule has 0 bridgehead atoms. The first-order valence-electron chi connectivity index (χ1n) is 9.53. The maximum Gasteiger partial charge on any atom is 0.331 e. The lowest BCUT2D eigenvalue weighted by Gasteiger charge is -2.08. The molecule has 158 valence electrons. The molecule has 0 fully saturated rings. The van der Waals surface area contributed by atoms with Crippen molar-refractivity contribution in [1.29, 1.82) is 0 Å². The predicted octanol–water partition coefficient (Wildman–Crippen LogP) is 4.93. The van der Waals surface area contributed by atoms with Gasteiger partial charge in [-0.1, -0.05) is 34.1 Å². The number of amides is 1. The summed E-state index contributed by atoms with van der Waals surface area (Å²) >= 11 is 3.37. The van der Waals surface area contributed by atoms with Crippen molar-refractivity contribution >= 4 is 39.6 Å². The Bertz CT molecular complexity index is 1070. The zero-order chi connectivity index (χ0) is 22.1. The number of nitrogens with zero attached hydrogens (tertiary/aromatic N) is 1. The Kier molecular flexibility index (Phi) is 7.95.